The van der Waals surface area contributed by atoms with Crippen molar-refractivity contribution in [3.05, 3.63) is 120 Å². The number of esters is 1. The number of carbonyl (C=O) groups is 2. The first-order valence-corrected chi connectivity index (χ1v) is 11.3. The van der Waals surface area contributed by atoms with Gasteiger partial charge in [0, 0.05) is 5.92 Å². The molecule has 2 N–H and O–H groups in total. The molecule has 3 aromatic rings. The summed E-state index contributed by atoms with van der Waals surface area (Å²) in [4.78, 5) is 25.1. The van der Waals surface area contributed by atoms with E-state index in [1.54, 1.807) is 0 Å². The van der Waals surface area contributed by atoms with Crippen molar-refractivity contribution in [3.63, 3.8) is 0 Å². The number of allylic oxidation sites excluding steroid dienone is 1. The lowest BCUT2D eigenvalue weighted by atomic mass is 9.77. The molecule has 0 aliphatic heterocycles. The molecular weight excluding hydrogens is 412 g/mol. The molecule has 168 valence electrons. The average molecular weight is 441 g/mol. The Morgan fingerprint density at radius 1 is 0.818 bits per heavy atom. The van der Waals surface area contributed by atoms with Gasteiger partial charge in [-0.25, -0.2) is 10.2 Å². The summed E-state index contributed by atoms with van der Waals surface area (Å²) in [6.07, 6.45) is 7.23. The topological polar surface area (TPSA) is 67.4 Å². The van der Waals surface area contributed by atoms with E-state index in [4.69, 9.17) is 4.74 Å². The SMILES string of the molecule is O=C(NNC(c1ccccc1)(c1ccccc1)c1ccccc1)C(=O)OCC1C=CCCC1. The van der Waals surface area contributed by atoms with Gasteiger partial charge in [-0.3, -0.25) is 10.2 Å². The Morgan fingerprint density at radius 3 is 1.79 bits per heavy atom. The number of rotatable bonds is 7. The Bertz CT molecular complexity index is 985. The fourth-order valence-electron chi connectivity index (χ4n) is 4.25. The number of hydrogen-bond acceptors (Lipinski definition) is 4. The Balaban J connectivity index is 1.60. The Kier molecular flexibility index (Phi) is 7.33. The monoisotopic (exact) mass is 440 g/mol. The van der Waals surface area contributed by atoms with Crippen molar-refractivity contribution in [2.45, 2.75) is 24.8 Å². The summed E-state index contributed by atoms with van der Waals surface area (Å²) in [7, 11) is 0. The Morgan fingerprint density at radius 2 is 1.33 bits per heavy atom. The quantitative estimate of drug-likeness (QED) is 0.187. The third-order valence-corrected chi connectivity index (χ3v) is 5.95. The maximum absolute atomic E-state index is 12.7. The second-order valence-electron chi connectivity index (χ2n) is 8.14. The molecule has 0 fully saturated rings. The summed E-state index contributed by atoms with van der Waals surface area (Å²) < 4.78 is 5.28. The van der Waals surface area contributed by atoms with E-state index < -0.39 is 17.4 Å². The molecule has 33 heavy (non-hydrogen) atoms. The Hall–Kier alpha value is -3.70. The lowest BCUT2D eigenvalue weighted by molar-refractivity contribution is -0.156. The molecule has 1 amide bonds. The minimum Gasteiger partial charge on any atom is -0.458 e. The van der Waals surface area contributed by atoms with Gasteiger partial charge < -0.3 is 4.74 Å². The first kappa shape index (κ1) is 22.5. The highest BCUT2D eigenvalue weighted by Crippen LogP contribution is 2.36. The lowest BCUT2D eigenvalue weighted by Gasteiger charge is -2.36. The van der Waals surface area contributed by atoms with E-state index in [0.29, 0.717) is 0 Å². The summed E-state index contributed by atoms with van der Waals surface area (Å²) in [5.41, 5.74) is 7.66. The van der Waals surface area contributed by atoms with Gasteiger partial charge in [0.25, 0.3) is 0 Å². The van der Waals surface area contributed by atoms with Gasteiger partial charge in [-0.05, 0) is 36.0 Å². The van der Waals surface area contributed by atoms with Gasteiger partial charge in [0.05, 0.1) is 6.61 Å². The molecule has 1 unspecified atom stereocenters. The predicted octanol–water partition coefficient (Wildman–Crippen LogP) is 4.50. The van der Waals surface area contributed by atoms with E-state index >= 15 is 0 Å². The van der Waals surface area contributed by atoms with Crippen LogP contribution < -0.4 is 10.9 Å². The fourth-order valence-corrected chi connectivity index (χ4v) is 4.25. The van der Waals surface area contributed by atoms with Gasteiger partial charge >= 0.3 is 11.9 Å². The van der Waals surface area contributed by atoms with Crippen LogP contribution in [0.15, 0.2) is 103 Å². The van der Waals surface area contributed by atoms with E-state index in [1.165, 1.54) is 0 Å². The molecule has 1 aliphatic rings. The van der Waals surface area contributed by atoms with Gasteiger partial charge in [-0.2, -0.15) is 0 Å². The maximum Gasteiger partial charge on any atom is 0.398 e. The number of carbonyl (C=O) groups excluding carboxylic acids is 2. The first-order chi connectivity index (χ1) is 16.2. The van der Waals surface area contributed by atoms with Gasteiger partial charge in [-0.15, -0.1) is 0 Å². The zero-order valence-corrected chi connectivity index (χ0v) is 18.4. The zero-order chi connectivity index (χ0) is 22.9. The number of hydrogen-bond donors (Lipinski definition) is 2. The van der Waals surface area contributed by atoms with Crippen molar-refractivity contribution in [3.8, 4) is 0 Å². The summed E-state index contributed by atoms with van der Waals surface area (Å²) >= 11 is 0. The van der Waals surface area contributed by atoms with E-state index in [-0.39, 0.29) is 12.5 Å². The van der Waals surface area contributed by atoms with Crippen LogP contribution in [0.5, 0.6) is 0 Å². The van der Waals surface area contributed by atoms with Crippen LogP contribution in [0.4, 0.5) is 0 Å². The molecule has 0 bridgehead atoms. The van der Waals surface area contributed by atoms with Crippen LogP contribution in [0, 0.1) is 5.92 Å². The number of ether oxygens (including phenoxy) is 1. The Labute approximate surface area is 194 Å². The number of benzene rings is 3. The lowest BCUT2D eigenvalue weighted by Crippen LogP contribution is -2.55. The van der Waals surface area contributed by atoms with E-state index in [1.807, 2.05) is 91.0 Å². The first-order valence-electron chi connectivity index (χ1n) is 11.3. The highest BCUT2D eigenvalue weighted by atomic mass is 16.5. The largest absolute Gasteiger partial charge is 0.458 e. The molecule has 3 aromatic carbocycles. The molecule has 0 saturated heterocycles. The molecular formula is C28H28N2O3. The molecule has 1 aliphatic carbocycles. The third kappa shape index (κ3) is 5.21. The third-order valence-electron chi connectivity index (χ3n) is 5.95. The standard InChI is InChI=1S/C28H28N2O3/c31-26(27(32)33-21-22-13-5-1-6-14-22)29-30-28(23-15-7-2-8-16-23,24-17-9-3-10-18-24)25-19-11-4-12-20-25/h2-5,7-13,15-20,22,30H,1,6,14,21H2,(H,29,31). The molecule has 0 radical (unpaired) electrons. The van der Waals surface area contributed by atoms with Crippen LogP contribution in [0.1, 0.15) is 36.0 Å². The summed E-state index contributed by atoms with van der Waals surface area (Å²) in [5, 5.41) is 0. The van der Waals surface area contributed by atoms with Gasteiger partial charge in [0.2, 0.25) is 0 Å². The van der Waals surface area contributed by atoms with Crippen LogP contribution in [-0.4, -0.2) is 18.5 Å². The minimum atomic E-state index is -0.911. The number of amides is 1. The summed E-state index contributed by atoms with van der Waals surface area (Å²) in [5.74, 6) is -1.56. The van der Waals surface area contributed by atoms with Crippen molar-refractivity contribution >= 4 is 11.9 Å². The zero-order valence-electron chi connectivity index (χ0n) is 18.4. The van der Waals surface area contributed by atoms with Crippen LogP contribution in [0.25, 0.3) is 0 Å². The van der Waals surface area contributed by atoms with Crippen LogP contribution in [0.2, 0.25) is 0 Å². The summed E-state index contributed by atoms with van der Waals surface area (Å²) in [6.45, 7) is 0.212. The van der Waals surface area contributed by atoms with Crippen molar-refractivity contribution < 1.29 is 14.3 Å². The molecule has 0 heterocycles. The number of hydrazine groups is 1. The molecule has 5 nitrogen and oxygen atoms in total. The number of nitrogens with one attached hydrogen (secondary N) is 2. The van der Waals surface area contributed by atoms with Crippen molar-refractivity contribution in [2.24, 2.45) is 5.92 Å². The highest BCUT2D eigenvalue weighted by molar-refractivity contribution is 6.32. The van der Waals surface area contributed by atoms with Gasteiger partial charge in [-0.1, -0.05) is 103 Å². The van der Waals surface area contributed by atoms with Crippen molar-refractivity contribution in [1.82, 2.24) is 10.9 Å². The fraction of sp³-hybridized carbons (Fsp3) is 0.214. The van der Waals surface area contributed by atoms with Crippen LogP contribution in [-0.2, 0) is 19.9 Å². The molecule has 5 heteroatoms. The normalized spacial score (nSPS) is 15.6. The molecule has 0 spiro atoms. The second-order valence-corrected chi connectivity index (χ2v) is 8.14. The average Bonchev–Trinajstić information content (AvgIpc) is 2.90. The predicted molar refractivity (Wildman–Crippen MR) is 128 cm³/mol. The van der Waals surface area contributed by atoms with Crippen LogP contribution in [0.3, 0.4) is 0 Å². The summed E-state index contributed by atoms with van der Waals surface area (Å²) in [6, 6.07) is 29.5. The highest BCUT2D eigenvalue weighted by Gasteiger charge is 2.37. The molecule has 0 saturated carbocycles. The minimum absolute atomic E-state index is 0.167. The molecule has 4 rings (SSSR count). The second kappa shape index (κ2) is 10.7. The van der Waals surface area contributed by atoms with Gasteiger partial charge in [0.1, 0.15) is 5.54 Å². The van der Waals surface area contributed by atoms with Crippen LogP contribution >= 0.6 is 0 Å². The van der Waals surface area contributed by atoms with E-state index in [2.05, 4.69) is 23.0 Å². The van der Waals surface area contributed by atoms with Crippen molar-refractivity contribution in [1.29, 1.82) is 0 Å². The maximum atomic E-state index is 12.7. The van der Waals surface area contributed by atoms with E-state index in [9.17, 15) is 9.59 Å². The van der Waals surface area contributed by atoms with E-state index in [0.717, 1.165) is 36.0 Å². The van der Waals surface area contributed by atoms with Gasteiger partial charge in [0.15, 0.2) is 0 Å². The van der Waals surface area contributed by atoms with Crippen molar-refractivity contribution in [2.75, 3.05) is 6.61 Å². The molecule has 0 aromatic heterocycles. The smallest absolute Gasteiger partial charge is 0.398 e. The molecule has 1 atom stereocenters.